The number of carbonyl (C=O) groups is 1. The zero-order valence-electron chi connectivity index (χ0n) is 14.3. The number of hydrogen-bond acceptors (Lipinski definition) is 5. The zero-order chi connectivity index (χ0) is 18.1. The average molecular weight is 344 g/mol. The Morgan fingerprint density at radius 3 is 2.54 bits per heavy atom. The molecule has 3 aromatic heterocycles. The molecule has 0 bridgehead atoms. The summed E-state index contributed by atoms with van der Waals surface area (Å²) in [5.74, 6) is 0.149. The Kier molecular flexibility index (Phi) is 3.89. The maximum atomic E-state index is 12.4. The molecule has 0 saturated carbocycles. The smallest absolute Gasteiger partial charge is 0.274 e. The van der Waals surface area contributed by atoms with Gasteiger partial charge in [-0.3, -0.25) is 4.79 Å². The highest BCUT2D eigenvalue weighted by atomic mass is 16.1. The third kappa shape index (κ3) is 3.02. The number of para-hydroxylation sites is 1. The van der Waals surface area contributed by atoms with E-state index in [1.807, 2.05) is 50.2 Å². The molecular formula is C19H16N6O. The maximum Gasteiger partial charge on any atom is 0.274 e. The fourth-order valence-corrected chi connectivity index (χ4v) is 2.71. The second kappa shape index (κ2) is 6.36. The summed E-state index contributed by atoms with van der Waals surface area (Å²) >= 11 is 0. The summed E-state index contributed by atoms with van der Waals surface area (Å²) in [6.45, 7) is 3.85. The van der Waals surface area contributed by atoms with Crippen LogP contribution in [0.5, 0.6) is 0 Å². The number of rotatable bonds is 3. The van der Waals surface area contributed by atoms with Crippen LogP contribution in [0, 0.1) is 13.8 Å². The minimum Gasteiger partial charge on any atom is -0.318 e. The summed E-state index contributed by atoms with van der Waals surface area (Å²) in [7, 11) is 0. The van der Waals surface area contributed by atoms with Crippen molar-refractivity contribution in [2.75, 3.05) is 5.32 Å². The molecule has 0 radical (unpaired) electrons. The van der Waals surface area contributed by atoms with E-state index in [2.05, 4.69) is 25.4 Å². The van der Waals surface area contributed by atoms with Gasteiger partial charge in [0.25, 0.3) is 11.9 Å². The van der Waals surface area contributed by atoms with Crippen LogP contribution in [0.1, 0.15) is 21.9 Å². The van der Waals surface area contributed by atoms with Crippen LogP contribution in [0.15, 0.2) is 54.9 Å². The summed E-state index contributed by atoms with van der Waals surface area (Å²) in [6, 6.07) is 13.2. The number of amides is 1. The predicted molar refractivity (Wildman–Crippen MR) is 98.3 cm³/mol. The normalized spacial score (nSPS) is 10.8. The molecule has 0 atom stereocenters. The molecule has 0 aliphatic heterocycles. The minimum absolute atomic E-state index is 0.307. The molecule has 0 fully saturated rings. The SMILES string of the molecule is Cc1cc(C)n(-c2ncc(NC(=O)c3ccc4ccccc4n3)cn2)n1. The van der Waals surface area contributed by atoms with Crippen molar-refractivity contribution in [1.29, 1.82) is 0 Å². The van der Waals surface area contributed by atoms with Crippen molar-refractivity contribution in [2.24, 2.45) is 0 Å². The van der Waals surface area contributed by atoms with E-state index in [4.69, 9.17) is 0 Å². The minimum atomic E-state index is -0.307. The third-order valence-corrected chi connectivity index (χ3v) is 3.93. The van der Waals surface area contributed by atoms with Crippen molar-refractivity contribution in [3.05, 3.63) is 71.9 Å². The summed E-state index contributed by atoms with van der Waals surface area (Å²) in [6.07, 6.45) is 3.11. The first-order valence-electron chi connectivity index (χ1n) is 8.13. The number of nitrogens with zero attached hydrogens (tertiary/aromatic N) is 5. The zero-order valence-corrected chi connectivity index (χ0v) is 14.3. The van der Waals surface area contributed by atoms with Gasteiger partial charge in [0, 0.05) is 11.1 Å². The van der Waals surface area contributed by atoms with Crippen molar-refractivity contribution in [2.45, 2.75) is 13.8 Å². The molecule has 0 spiro atoms. The molecule has 3 heterocycles. The molecule has 1 aromatic carbocycles. The first kappa shape index (κ1) is 15.9. The third-order valence-electron chi connectivity index (χ3n) is 3.93. The maximum absolute atomic E-state index is 12.4. The molecule has 1 amide bonds. The number of fused-ring (bicyclic) bond motifs is 1. The molecule has 7 nitrogen and oxygen atoms in total. The molecule has 0 saturated heterocycles. The van der Waals surface area contributed by atoms with Crippen molar-refractivity contribution < 1.29 is 4.79 Å². The Morgan fingerprint density at radius 2 is 1.81 bits per heavy atom. The number of carbonyl (C=O) groups excluding carboxylic acids is 1. The Morgan fingerprint density at radius 1 is 1.04 bits per heavy atom. The van der Waals surface area contributed by atoms with Gasteiger partial charge in [0.05, 0.1) is 29.3 Å². The molecular weight excluding hydrogens is 328 g/mol. The van der Waals surface area contributed by atoms with Gasteiger partial charge in [-0.25, -0.2) is 19.6 Å². The Labute approximate surface area is 149 Å². The highest BCUT2D eigenvalue weighted by molar-refractivity contribution is 6.03. The second-order valence-electron chi connectivity index (χ2n) is 5.95. The van der Waals surface area contributed by atoms with Gasteiger partial charge < -0.3 is 5.32 Å². The van der Waals surface area contributed by atoms with Crippen LogP contribution in [0.25, 0.3) is 16.9 Å². The van der Waals surface area contributed by atoms with Gasteiger partial charge in [0.1, 0.15) is 5.69 Å². The largest absolute Gasteiger partial charge is 0.318 e. The number of nitrogens with one attached hydrogen (secondary N) is 1. The molecule has 0 aliphatic carbocycles. The molecule has 7 heteroatoms. The molecule has 0 aliphatic rings. The van der Waals surface area contributed by atoms with E-state index < -0.39 is 0 Å². The Bertz CT molecular complexity index is 1100. The highest BCUT2D eigenvalue weighted by Gasteiger charge is 2.11. The van der Waals surface area contributed by atoms with Crippen LogP contribution >= 0.6 is 0 Å². The van der Waals surface area contributed by atoms with Crippen LogP contribution in [0.4, 0.5) is 5.69 Å². The van der Waals surface area contributed by atoms with E-state index in [0.29, 0.717) is 17.3 Å². The van der Waals surface area contributed by atoms with Crippen LogP contribution in [0.3, 0.4) is 0 Å². The van der Waals surface area contributed by atoms with Crippen LogP contribution in [0.2, 0.25) is 0 Å². The molecule has 4 aromatic rings. The summed E-state index contributed by atoms with van der Waals surface area (Å²) < 4.78 is 1.66. The first-order valence-corrected chi connectivity index (χ1v) is 8.13. The van der Waals surface area contributed by atoms with E-state index in [0.717, 1.165) is 22.3 Å². The van der Waals surface area contributed by atoms with E-state index in [-0.39, 0.29) is 5.91 Å². The summed E-state index contributed by atoms with van der Waals surface area (Å²) in [5, 5.41) is 8.09. The van der Waals surface area contributed by atoms with E-state index in [1.54, 1.807) is 23.1 Å². The first-order chi connectivity index (χ1) is 12.6. The van der Waals surface area contributed by atoms with E-state index in [9.17, 15) is 4.79 Å². The van der Waals surface area contributed by atoms with Gasteiger partial charge in [-0.05, 0) is 32.0 Å². The lowest BCUT2D eigenvalue weighted by Crippen LogP contribution is -2.14. The Hall–Kier alpha value is -3.61. The van der Waals surface area contributed by atoms with Gasteiger partial charge in [0.2, 0.25) is 0 Å². The quantitative estimate of drug-likeness (QED) is 0.617. The van der Waals surface area contributed by atoms with Crippen molar-refractivity contribution in [3.8, 4) is 5.95 Å². The van der Waals surface area contributed by atoms with Crippen LogP contribution < -0.4 is 5.32 Å². The monoisotopic (exact) mass is 344 g/mol. The topological polar surface area (TPSA) is 85.6 Å². The number of hydrogen-bond donors (Lipinski definition) is 1. The fourth-order valence-electron chi connectivity index (χ4n) is 2.71. The van der Waals surface area contributed by atoms with Gasteiger partial charge in [0.15, 0.2) is 0 Å². The molecule has 128 valence electrons. The number of aryl methyl sites for hydroxylation is 2. The fraction of sp³-hybridized carbons (Fsp3) is 0.105. The number of pyridine rings is 1. The number of benzene rings is 1. The van der Waals surface area contributed by atoms with Crippen molar-refractivity contribution in [3.63, 3.8) is 0 Å². The molecule has 1 N–H and O–H groups in total. The number of anilines is 1. The highest BCUT2D eigenvalue weighted by Crippen LogP contribution is 2.14. The van der Waals surface area contributed by atoms with Gasteiger partial charge in [-0.15, -0.1) is 0 Å². The van der Waals surface area contributed by atoms with E-state index >= 15 is 0 Å². The molecule has 4 rings (SSSR count). The van der Waals surface area contributed by atoms with Gasteiger partial charge in [-0.1, -0.05) is 24.3 Å². The van der Waals surface area contributed by atoms with Gasteiger partial charge >= 0.3 is 0 Å². The number of aromatic nitrogens is 5. The van der Waals surface area contributed by atoms with Crippen LogP contribution in [-0.2, 0) is 0 Å². The molecule has 26 heavy (non-hydrogen) atoms. The lowest BCUT2D eigenvalue weighted by Gasteiger charge is -2.06. The summed E-state index contributed by atoms with van der Waals surface area (Å²) in [4.78, 5) is 25.4. The lowest BCUT2D eigenvalue weighted by molar-refractivity contribution is 0.102. The predicted octanol–water partition coefficient (Wildman–Crippen LogP) is 3.08. The van der Waals surface area contributed by atoms with E-state index in [1.165, 1.54) is 0 Å². The summed E-state index contributed by atoms with van der Waals surface area (Å²) in [5.41, 5.74) is 3.45. The second-order valence-corrected chi connectivity index (χ2v) is 5.95. The molecule has 0 unspecified atom stereocenters. The average Bonchev–Trinajstić information content (AvgIpc) is 3.00. The Balaban J connectivity index is 1.54. The lowest BCUT2D eigenvalue weighted by atomic mass is 10.2. The van der Waals surface area contributed by atoms with Crippen molar-refractivity contribution in [1.82, 2.24) is 24.7 Å². The van der Waals surface area contributed by atoms with Crippen molar-refractivity contribution >= 4 is 22.5 Å². The van der Waals surface area contributed by atoms with Gasteiger partial charge in [-0.2, -0.15) is 5.10 Å². The van der Waals surface area contributed by atoms with Crippen LogP contribution in [-0.4, -0.2) is 30.6 Å². The standard InChI is InChI=1S/C19H16N6O/c1-12-9-13(2)25(24-12)19-20-10-15(11-21-19)22-18(26)17-8-7-14-5-3-4-6-16(14)23-17/h3-11H,1-2H3,(H,22,26).